The van der Waals surface area contributed by atoms with E-state index in [4.69, 9.17) is 14.2 Å². The third-order valence-electron chi connectivity index (χ3n) is 3.02. The topological polar surface area (TPSA) is 44.8 Å². The Kier molecular flexibility index (Phi) is 5.21. The van der Waals surface area contributed by atoms with Crippen LogP contribution >= 0.6 is 0 Å². The molecule has 0 radical (unpaired) electrons. The van der Waals surface area contributed by atoms with Gasteiger partial charge in [0.2, 0.25) is 0 Å². The highest BCUT2D eigenvalue weighted by Crippen LogP contribution is 2.27. The molecular weight excluding hydrogens is 268 g/mol. The normalized spacial score (nSPS) is 10.0. The quantitative estimate of drug-likeness (QED) is 0.579. The average Bonchev–Trinajstić information content (AvgIpc) is 2.53. The van der Waals surface area contributed by atoms with E-state index < -0.39 is 0 Å². The molecular formula is C17H18O4. The van der Waals surface area contributed by atoms with Crippen molar-refractivity contribution in [1.29, 1.82) is 0 Å². The summed E-state index contributed by atoms with van der Waals surface area (Å²) in [6.45, 7) is 2.83. The number of rotatable bonds is 7. The average molecular weight is 286 g/mol. The van der Waals surface area contributed by atoms with E-state index in [2.05, 4.69) is 0 Å². The minimum atomic E-state index is 0.394. The van der Waals surface area contributed by atoms with Crippen LogP contribution in [-0.2, 0) is 0 Å². The Morgan fingerprint density at radius 3 is 2.33 bits per heavy atom. The molecule has 0 aliphatic carbocycles. The van der Waals surface area contributed by atoms with Crippen LogP contribution < -0.4 is 14.2 Å². The van der Waals surface area contributed by atoms with E-state index >= 15 is 0 Å². The Hall–Kier alpha value is -2.49. The summed E-state index contributed by atoms with van der Waals surface area (Å²) in [5.74, 6) is 1.98. The van der Waals surface area contributed by atoms with Crippen molar-refractivity contribution >= 4 is 6.29 Å². The maximum absolute atomic E-state index is 10.7. The number of carbonyl (C=O) groups is 1. The molecule has 0 aliphatic rings. The summed E-state index contributed by atoms with van der Waals surface area (Å²) in [5, 5.41) is 0. The van der Waals surface area contributed by atoms with Crippen molar-refractivity contribution in [2.45, 2.75) is 6.92 Å². The van der Waals surface area contributed by atoms with Crippen LogP contribution in [0.25, 0.3) is 0 Å². The molecule has 0 heterocycles. The molecule has 2 aromatic carbocycles. The molecule has 4 heteroatoms. The molecule has 0 atom stereocenters. The molecule has 2 rings (SSSR count). The molecule has 0 N–H and O–H groups in total. The Labute approximate surface area is 124 Å². The van der Waals surface area contributed by atoms with Crippen molar-refractivity contribution in [1.82, 2.24) is 0 Å². The third kappa shape index (κ3) is 3.99. The number of ether oxygens (including phenoxy) is 3. The third-order valence-corrected chi connectivity index (χ3v) is 3.02. The van der Waals surface area contributed by atoms with Gasteiger partial charge in [0.25, 0.3) is 0 Å². The van der Waals surface area contributed by atoms with E-state index in [9.17, 15) is 4.79 Å². The highest BCUT2D eigenvalue weighted by molar-refractivity contribution is 5.76. The molecule has 21 heavy (non-hydrogen) atoms. The first-order valence-corrected chi connectivity index (χ1v) is 6.69. The highest BCUT2D eigenvalue weighted by atomic mass is 16.5. The summed E-state index contributed by atoms with van der Waals surface area (Å²) in [6.07, 6.45) is 0.771. The Morgan fingerprint density at radius 1 is 0.952 bits per heavy atom. The lowest BCUT2D eigenvalue weighted by molar-refractivity contribution is 0.112. The van der Waals surface area contributed by atoms with Gasteiger partial charge < -0.3 is 14.2 Å². The second-order valence-corrected chi connectivity index (χ2v) is 4.49. The van der Waals surface area contributed by atoms with Crippen LogP contribution in [0.1, 0.15) is 15.9 Å². The van der Waals surface area contributed by atoms with Crippen molar-refractivity contribution in [3.63, 3.8) is 0 Å². The molecule has 0 fully saturated rings. The summed E-state index contributed by atoms with van der Waals surface area (Å²) in [7, 11) is 1.54. The number of aryl methyl sites for hydroxylation is 1. The van der Waals surface area contributed by atoms with E-state index in [0.29, 0.717) is 30.3 Å². The predicted molar refractivity (Wildman–Crippen MR) is 80.6 cm³/mol. The van der Waals surface area contributed by atoms with Crippen molar-refractivity contribution in [3.05, 3.63) is 53.6 Å². The smallest absolute Gasteiger partial charge is 0.161 e. The predicted octanol–water partition coefficient (Wildman–Crippen LogP) is 3.27. The largest absolute Gasteiger partial charge is 0.493 e. The highest BCUT2D eigenvalue weighted by Gasteiger charge is 2.05. The maximum atomic E-state index is 10.7. The van der Waals surface area contributed by atoms with E-state index in [0.717, 1.165) is 17.6 Å². The zero-order chi connectivity index (χ0) is 15.1. The minimum absolute atomic E-state index is 0.394. The minimum Gasteiger partial charge on any atom is -0.493 e. The SMILES string of the molecule is COc1cc(C=O)ccc1OCCOc1ccccc1C. The molecule has 0 spiro atoms. The van der Waals surface area contributed by atoms with E-state index in [-0.39, 0.29) is 0 Å². The molecule has 0 bridgehead atoms. The van der Waals surface area contributed by atoms with Gasteiger partial charge in [-0.1, -0.05) is 18.2 Å². The summed E-state index contributed by atoms with van der Waals surface area (Å²) < 4.78 is 16.5. The van der Waals surface area contributed by atoms with Crippen LogP contribution in [0.3, 0.4) is 0 Å². The second kappa shape index (κ2) is 7.33. The van der Waals surface area contributed by atoms with Crippen LogP contribution in [0, 0.1) is 6.92 Å². The monoisotopic (exact) mass is 286 g/mol. The number of carbonyl (C=O) groups excluding carboxylic acids is 1. The summed E-state index contributed by atoms with van der Waals surface area (Å²) in [4.78, 5) is 10.7. The number of aldehydes is 1. The van der Waals surface area contributed by atoms with Gasteiger partial charge in [0.1, 0.15) is 25.2 Å². The van der Waals surface area contributed by atoms with Crippen LogP contribution in [0.15, 0.2) is 42.5 Å². The zero-order valence-corrected chi connectivity index (χ0v) is 12.2. The van der Waals surface area contributed by atoms with Gasteiger partial charge in [0.05, 0.1) is 7.11 Å². The van der Waals surface area contributed by atoms with Crippen molar-refractivity contribution in [2.75, 3.05) is 20.3 Å². The number of benzene rings is 2. The molecule has 0 saturated carbocycles. The lowest BCUT2D eigenvalue weighted by Crippen LogP contribution is -2.10. The first kappa shape index (κ1) is 14.9. The van der Waals surface area contributed by atoms with Crippen LogP contribution in [-0.4, -0.2) is 26.6 Å². The number of methoxy groups -OCH3 is 1. The molecule has 4 nitrogen and oxygen atoms in total. The number of para-hydroxylation sites is 1. The fourth-order valence-electron chi connectivity index (χ4n) is 1.90. The van der Waals surface area contributed by atoms with Gasteiger partial charge in [-0.15, -0.1) is 0 Å². The summed E-state index contributed by atoms with van der Waals surface area (Å²) in [6, 6.07) is 12.9. The molecule has 0 unspecified atom stereocenters. The summed E-state index contributed by atoms with van der Waals surface area (Å²) >= 11 is 0. The van der Waals surface area contributed by atoms with E-state index in [1.165, 1.54) is 0 Å². The fourth-order valence-corrected chi connectivity index (χ4v) is 1.90. The molecule has 0 aliphatic heterocycles. The zero-order valence-electron chi connectivity index (χ0n) is 12.2. The maximum Gasteiger partial charge on any atom is 0.161 e. The van der Waals surface area contributed by atoms with Crippen LogP contribution in [0.5, 0.6) is 17.2 Å². The number of hydrogen-bond acceptors (Lipinski definition) is 4. The van der Waals surface area contributed by atoms with Gasteiger partial charge in [-0.2, -0.15) is 0 Å². The second-order valence-electron chi connectivity index (χ2n) is 4.49. The molecule has 0 saturated heterocycles. The first-order chi connectivity index (χ1) is 10.2. The molecule has 110 valence electrons. The molecule has 0 amide bonds. The van der Waals surface area contributed by atoms with E-state index in [1.54, 1.807) is 25.3 Å². The van der Waals surface area contributed by atoms with Gasteiger partial charge in [0, 0.05) is 5.56 Å². The Morgan fingerprint density at radius 2 is 1.67 bits per heavy atom. The van der Waals surface area contributed by atoms with Gasteiger partial charge in [-0.25, -0.2) is 0 Å². The van der Waals surface area contributed by atoms with Crippen molar-refractivity contribution in [3.8, 4) is 17.2 Å². The molecule has 0 aromatic heterocycles. The van der Waals surface area contributed by atoms with Gasteiger partial charge in [-0.3, -0.25) is 4.79 Å². The van der Waals surface area contributed by atoms with Crippen LogP contribution in [0.4, 0.5) is 0 Å². The van der Waals surface area contributed by atoms with Gasteiger partial charge in [-0.05, 0) is 36.8 Å². The summed E-state index contributed by atoms with van der Waals surface area (Å²) in [5.41, 5.74) is 1.64. The van der Waals surface area contributed by atoms with Crippen molar-refractivity contribution in [2.24, 2.45) is 0 Å². The number of hydrogen-bond donors (Lipinski definition) is 0. The molecule has 2 aromatic rings. The van der Waals surface area contributed by atoms with Gasteiger partial charge >= 0.3 is 0 Å². The Balaban J connectivity index is 1.89. The van der Waals surface area contributed by atoms with Gasteiger partial charge in [0.15, 0.2) is 11.5 Å². The Bertz CT molecular complexity index is 607. The van der Waals surface area contributed by atoms with Crippen molar-refractivity contribution < 1.29 is 19.0 Å². The lowest BCUT2D eigenvalue weighted by Gasteiger charge is -2.12. The van der Waals surface area contributed by atoms with E-state index in [1.807, 2.05) is 31.2 Å². The fraction of sp³-hybridized carbons (Fsp3) is 0.235. The standard InChI is InChI=1S/C17H18O4/c1-13-5-3-4-6-15(13)20-9-10-21-16-8-7-14(12-18)11-17(16)19-2/h3-8,11-12H,9-10H2,1-2H3. The lowest BCUT2D eigenvalue weighted by atomic mass is 10.2. The first-order valence-electron chi connectivity index (χ1n) is 6.69. The van der Waals surface area contributed by atoms with Crippen LogP contribution in [0.2, 0.25) is 0 Å².